The van der Waals surface area contributed by atoms with Crippen LogP contribution in [0.4, 0.5) is 0 Å². The third-order valence-corrected chi connectivity index (χ3v) is 6.35. The fraction of sp³-hybridized carbons (Fsp3) is 0.833. The first-order valence-corrected chi connectivity index (χ1v) is 12.4. The lowest BCUT2D eigenvalue weighted by Gasteiger charge is -2.04. The second-order valence-electron chi connectivity index (χ2n) is 7.83. The van der Waals surface area contributed by atoms with E-state index < -0.39 is 0 Å². The molecule has 0 N–H and O–H groups in total. The van der Waals surface area contributed by atoms with Crippen LogP contribution in [-0.2, 0) is 12.8 Å². The van der Waals surface area contributed by atoms with Crippen LogP contribution in [0.5, 0.6) is 0 Å². The minimum absolute atomic E-state index is 1.21. The van der Waals surface area contributed by atoms with Gasteiger partial charge in [0.1, 0.15) is 0 Å². The first-order chi connectivity index (χ1) is 12.4. The molecule has 1 aromatic rings. The van der Waals surface area contributed by atoms with E-state index in [1.165, 1.54) is 116 Å². The van der Waals surface area contributed by atoms with E-state index in [0.717, 1.165) is 0 Å². The third kappa shape index (κ3) is 12.7. The lowest BCUT2D eigenvalue weighted by Crippen LogP contribution is -1.89. The van der Waals surface area contributed by atoms with Crippen LogP contribution in [0.25, 0.3) is 0 Å². The Labute approximate surface area is 162 Å². The Balaban J connectivity index is 1.75. The fourth-order valence-electron chi connectivity index (χ4n) is 3.74. The fourth-order valence-corrected chi connectivity index (χ4v) is 4.73. The van der Waals surface area contributed by atoms with Crippen LogP contribution in [0.3, 0.4) is 0 Å². The van der Waals surface area contributed by atoms with E-state index in [4.69, 9.17) is 0 Å². The van der Waals surface area contributed by atoms with Crippen LogP contribution >= 0.6 is 11.3 Å². The van der Waals surface area contributed by atoms with Crippen molar-refractivity contribution in [3.63, 3.8) is 0 Å². The van der Waals surface area contributed by atoms with Gasteiger partial charge >= 0.3 is 0 Å². The molecule has 0 unspecified atom stereocenters. The van der Waals surface area contributed by atoms with E-state index in [-0.39, 0.29) is 0 Å². The average molecular weight is 365 g/mol. The van der Waals surface area contributed by atoms with Gasteiger partial charge in [0, 0.05) is 0 Å². The van der Waals surface area contributed by atoms with Crippen LogP contribution in [0.15, 0.2) is 10.8 Å². The summed E-state index contributed by atoms with van der Waals surface area (Å²) in [6.07, 6.45) is 25.8. The van der Waals surface area contributed by atoms with Gasteiger partial charge in [-0.2, -0.15) is 11.3 Å². The van der Waals surface area contributed by atoms with Gasteiger partial charge in [0.2, 0.25) is 0 Å². The highest BCUT2D eigenvalue weighted by molar-refractivity contribution is 7.08. The van der Waals surface area contributed by atoms with E-state index >= 15 is 0 Å². The second-order valence-corrected chi connectivity index (χ2v) is 8.57. The molecule has 0 spiro atoms. The summed E-state index contributed by atoms with van der Waals surface area (Å²) < 4.78 is 0. The molecule has 0 amide bonds. The number of hydrogen-bond acceptors (Lipinski definition) is 1. The predicted octanol–water partition coefficient (Wildman–Crippen LogP) is 9.11. The minimum Gasteiger partial charge on any atom is -0.152 e. The van der Waals surface area contributed by atoms with Crippen molar-refractivity contribution in [2.75, 3.05) is 0 Å². The predicted molar refractivity (Wildman–Crippen MR) is 117 cm³/mol. The number of rotatable bonds is 18. The summed E-state index contributed by atoms with van der Waals surface area (Å²) in [6.45, 7) is 4.58. The Morgan fingerprint density at radius 2 is 0.920 bits per heavy atom. The topological polar surface area (TPSA) is 0 Å². The smallest absolute Gasteiger partial charge is 0.00584 e. The molecule has 146 valence electrons. The highest BCUT2D eigenvalue weighted by atomic mass is 32.1. The first kappa shape index (κ1) is 22.7. The Morgan fingerprint density at radius 1 is 0.520 bits per heavy atom. The minimum atomic E-state index is 1.21. The van der Waals surface area contributed by atoms with E-state index in [1.807, 2.05) is 11.3 Å². The summed E-state index contributed by atoms with van der Waals surface area (Å²) in [5.41, 5.74) is 3.21. The van der Waals surface area contributed by atoms with Crippen LogP contribution in [0.1, 0.15) is 128 Å². The van der Waals surface area contributed by atoms with Gasteiger partial charge in [-0.05, 0) is 41.1 Å². The molecule has 1 rings (SSSR count). The molecule has 0 nitrogen and oxygen atoms in total. The molecule has 0 aliphatic heterocycles. The molecule has 0 bridgehead atoms. The molecule has 1 heterocycles. The van der Waals surface area contributed by atoms with Crippen LogP contribution in [-0.4, -0.2) is 0 Å². The van der Waals surface area contributed by atoms with Crippen molar-refractivity contribution >= 4 is 11.3 Å². The summed E-state index contributed by atoms with van der Waals surface area (Å²) in [6, 6.07) is 0. The summed E-state index contributed by atoms with van der Waals surface area (Å²) in [5.74, 6) is 0. The Morgan fingerprint density at radius 3 is 1.36 bits per heavy atom. The van der Waals surface area contributed by atoms with Crippen molar-refractivity contribution in [2.24, 2.45) is 0 Å². The lowest BCUT2D eigenvalue weighted by atomic mass is 10.0. The van der Waals surface area contributed by atoms with Gasteiger partial charge in [-0.1, -0.05) is 110 Å². The van der Waals surface area contributed by atoms with E-state index in [0.29, 0.717) is 0 Å². The van der Waals surface area contributed by atoms with Crippen molar-refractivity contribution in [1.29, 1.82) is 0 Å². The second kappa shape index (κ2) is 17.1. The molecule has 1 heteroatoms. The number of thiophene rings is 1. The van der Waals surface area contributed by atoms with Gasteiger partial charge in [-0.15, -0.1) is 0 Å². The van der Waals surface area contributed by atoms with Crippen molar-refractivity contribution in [3.8, 4) is 0 Å². The molecule has 1 aromatic heterocycles. The molecule has 0 aliphatic rings. The lowest BCUT2D eigenvalue weighted by molar-refractivity contribution is 0.529. The zero-order chi connectivity index (χ0) is 18.0. The highest BCUT2D eigenvalue weighted by Crippen LogP contribution is 2.19. The average Bonchev–Trinajstić information content (AvgIpc) is 3.09. The third-order valence-electron chi connectivity index (χ3n) is 5.51. The Kier molecular flexibility index (Phi) is 15.6. The molecule has 0 atom stereocenters. The number of hydrogen-bond donors (Lipinski definition) is 0. The highest BCUT2D eigenvalue weighted by Gasteiger charge is 2.01. The van der Waals surface area contributed by atoms with Crippen molar-refractivity contribution in [1.82, 2.24) is 0 Å². The molecule has 0 radical (unpaired) electrons. The van der Waals surface area contributed by atoms with Gasteiger partial charge < -0.3 is 0 Å². The van der Waals surface area contributed by atoms with Gasteiger partial charge in [-0.3, -0.25) is 0 Å². The summed E-state index contributed by atoms with van der Waals surface area (Å²) in [7, 11) is 0. The molecule has 0 saturated carbocycles. The van der Waals surface area contributed by atoms with E-state index in [9.17, 15) is 0 Å². The van der Waals surface area contributed by atoms with Crippen molar-refractivity contribution in [2.45, 2.75) is 129 Å². The molecular weight excluding hydrogens is 320 g/mol. The van der Waals surface area contributed by atoms with Crippen molar-refractivity contribution < 1.29 is 0 Å². The van der Waals surface area contributed by atoms with Crippen LogP contribution in [0, 0.1) is 0 Å². The molecule has 0 aliphatic carbocycles. The van der Waals surface area contributed by atoms with Crippen LogP contribution in [0.2, 0.25) is 0 Å². The summed E-state index contributed by atoms with van der Waals surface area (Å²) in [4.78, 5) is 0. The largest absolute Gasteiger partial charge is 0.152 e. The Hall–Kier alpha value is -0.300. The Bertz CT molecular complexity index is 379. The first-order valence-electron chi connectivity index (χ1n) is 11.4. The SMILES string of the molecule is CCCCCCCCCCCCCCCCCCc1cscc1CC. The summed E-state index contributed by atoms with van der Waals surface area (Å²) >= 11 is 1.88. The van der Waals surface area contributed by atoms with Gasteiger partial charge in [-0.25, -0.2) is 0 Å². The van der Waals surface area contributed by atoms with E-state index in [1.54, 1.807) is 11.1 Å². The van der Waals surface area contributed by atoms with E-state index in [2.05, 4.69) is 24.6 Å². The quantitative estimate of drug-likeness (QED) is 0.228. The zero-order valence-electron chi connectivity index (χ0n) is 17.3. The number of aryl methyl sites for hydroxylation is 2. The van der Waals surface area contributed by atoms with Gasteiger partial charge in [0.25, 0.3) is 0 Å². The normalized spacial score (nSPS) is 11.3. The maximum absolute atomic E-state index is 2.37. The molecule has 25 heavy (non-hydrogen) atoms. The molecule has 0 aromatic carbocycles. The van der Waals surface area contributed by atoms with Gasteiger partial charge in [0.15, 0.2) is 0 Å². The molecule has 0 saturated heterocycles. The van der Waals surface area contributed by atoms with Crippen LogP contribution < -0.4 is 0 Å². The van der Waals surface area contributed by atoms with Crippen molar-refractivity contribution in [3.05, 3.63) is 21.9 Å². The van der Waals surface area contributed by atoms with Gasteiger partial charge in [0.05, 0.1) is 0 Å². The monoisotopic (exact) mass is 364 g/mol. The zero-order valence-corrected chi connectivity index (χ0v) is 18.1. The standard InChI is InChI=1S/C24H44S/c1-3-5-6-7-8-9-10-11-12-13-14-15-16-17-18-19-20-24-22-25-21-23(24)4-2/h21-22H,3-20H2,1-2H3. The maximum Gasteiger partial charge on any atom is -0.00584 e. The maximum atomic E-state index is 2.37. The molecular formula is C24H44S. The summed E-state index contributed by atoms with van der Waals surface area (Å²) in [5, 5.41) is 4.70. The number of unbranched alkanes of at least 4 members (excludes halogenated alkanes) is 15. The molecule has 0 fully saturated rings.